The standard InChI is InChI=1S/2C7H8S.Ca/c2*8-6-7-4-2-1-3-5-7;/h2*1-5,8H,6H2;/q;;+2/p-2. The molecule has 2 aromatic rings. The van der Waals surface area contributed by atoms with Crippen LogP contribution in [0.15, 0.2) is 60.7 Å². The molecular weight excluding hydrogens is 272 g/mol. The van der Waals surface area contributed by atoms with E-state index >= 15 is 0 Å². The maximum atomic E-state index is 4.82. The smallest absolute Gasteiger partial charge is 0.788 e. The molecule has 0 aliphatic heterocycles. The summed E-state index contributed by atoms with van der Waals surface area (Å²) in [5, 5.41) is 0. The van der Waals surface area contributed by atoms with Gasteiger partial charge in [0.25, 0.3) is 0 Å². The monoisotopic (exact) mass is 286 g/mol. The first kappa shape index (κ1) is 17.4. The SMILES string of the molecule is [Ca+2].[S-]Cc1ccccc1.[S-]Cc1ccccc1. The van der Waals surface area contributed by atoms with Crippen molar-refractivity contribution in [3.63, 3.8) is 0 Å². The maximum absolute atomic E-state index is 4.82. The first-order valence-electron chi connectivity index (χ1n) is 5.11. The number of hydrogen-bond donors (Lipinski definition) is 0. The van der Waals surface area contributed by atoms with Gasteiger partial charge in [-0.1, -0.05) is 71.8 Å². The van der Waals surface area contributed by atoms with Crippen molar-refractivity contribution < 1.29 is 0 Å². The molecule has 3 heteroatoms. The molecule has 0 aliphatic carbocycles. The van der Waals surface area contributed by atoms with Crippen LogP contribution in [0.3, 0.4) is 0 Å². The van der Waals surface area contributed by atoms with Gasteiger partial charge in [-0.25, -0.2) is 0 Å². The summed E-state index contributed by atoms with van der Waals surface area (Å²) in [7, 11) is 0. The molecule has 0 spiro atoms. The van der Waals surface area contributed by atoms with E-state index in [2.05, 4.69) is 0 Å². The third kappa shape index (κ3) is 8.17. The molecular formula is C14H14CaS2. The Morgan fingerprint density at radius 1 is 0.588 bits per heavy atom. The first-order valence-corrected chi connectivity index (χ1v) is 6.26. The minimum Gasteiger partial charge on any atom is -0.788 e. The van der Waals surface area contributed by atoms with E-state index in [0.717, 1.165) is 11.5 Å². The predicted molar refractivity (Wildman–Crippen MR) is 80.8 cm³/mol. The predicted octanol–water partition coefficient (Wildman–Crippen LogP) is 3.09. The Bertz CT molecular complexity index is 336. The molecule has 0 radical (unpaired) electrons. The molecule has 0 saturated carbocycles. The summed E-state index contributed by atoms with van der Waals surface area (Å²) in [5.41, 5.74) is 2.45. The van der Waals surface area contributed by atoms with Gasteiger partial charge in [0.05, 0.1) is 0 Å². The van der Waals surface area contributed by atoms with Crippen LogP contribution in [0.2, 0.25) is 0 Å². The molecule has 0 atom stereocenters. The molecule has 17 heavy (non-hydrogen) atoms. The Morgan fingerprint density at radius 3 is 1.06 bits per heavy atom. The van der Waals surface area contributed by atoms with Gasteiger partial charge in [0, 0.05) is 0 Å². The summed E-state index contributed by atoms with van der Waals surface area (Å²) < 4.78 is 0. The van der Waals surface area contributed by atoms with E-state index in [-0.39, 0.29) is 37.7 Å². The van der Waals surface area contributed by atoms with E-state index in [1.54, 1.807) is 0 Å². The molecule has 0 aromatic heterocycles. The van der Waals surface area contributed by atoms with Crippen LogP contribution in [0, 0.1) is 0 Å². The van der Waals surface area contributed by atoms with E-state index in [4.69, 9.17) is 25.3 Å². The zero-order chi connectivity index (χ0) is 11.6. The molecule has 0 aliphatic rings. The average molecular weight is 286 g/mol. The van der Waals surface area contributed by atoms with Crippen molar-refractivity contribution >= 4 is 63.0 Å². The summed E-state index contributed by atoms with van der Waals surface area (Å²) in [6.45, 7) is 0. The Kier molecular flexibility index (Phi) is 11.8. The third-order valence-electron chi connectivity index (χ3n) is 2.02. The first-order chi connectivity index (χ1) is 7.86. The average Bonchev–Trinajstić information content (AvgIpc) is 2.41. The van der Waals surface area contributed by atoms with Crippen LogP contribution < -0.4 is 0 Å². The maximum Gasteiger partial charge on any atom is 2.00 e. The van der Waals surface area contributed by atoms with Crippen LogP contribution in [-0.2, 0) is 36.8 Å². The van der Waals surface area contributed by atoms with E-state index in [0.29, 0.717) is 0 Å². The van der Waals surface area contributed by atoms with Gasteiger partial charge in [0.15, 0.2) is 0 Å². The van der Waals surface area contributed by atoms with Gasteiger partial charge in [-0.05, 0) is 0 Å². The molecule has 2 aromatic carbocycles. The van der Waals surface area contributed by atoms with Crippen molar-refractivity contribution in [1.82, 2.24) is 0 Å². The zero-order valence-electron chi connectivity index (χ0n) is 9.71. The minimum absolute atomic E-state index is 0. The third-order valence-corrected chi connectivity index (χ3v) is 2.69. The minimum atomic E-state index is 0. The Hall–Kier alpha value is 0.400. The summed E-state index contributed by atoms with van der Waals surface area (Å²) in [6.07, 6.45) is 0. The second-order valence-electron chi connectivity index (χ2n) is 3.26. The normalized spacial score (nSPS) is 8.59. The molecule has 2 rings (SSSR count). The van der Waals surface area contributed by atoms with Crippen LogP contribution in [0.5, 0.6) is 0 Å². The molecule has 0 saturated heterocycles. The molecule has 0 N–H and O–H groups in total. The number of benzene rings is 2. The van der Waals surface area contributed by atoms with Crippen LogP contribution in [-0.4, -0.2) is 37.7 Å². The van der Waals surface area contributed by atoms with Crippen molar-refractivity contribution in [2.75, 3.05) is 0 Å². The fourth-order valence-corrected chi connectivity index (χ4v) is 1.53. The van der Waals surface area contributed by atoms with Gasteiger partial charge in [-0.15, -0.1) is 0 Å². The van der Waals surface area contributed by atoms with Crippen LogP contribution >= 0.6 is 0 Å². The molecule has 0 unspecified atom stereocenters. The van der Waals surface area contributed by atoms with Crippen LogP contribution in [0.4, 0.5) is 0 Å². The fourth-order valence-electron chi connectivity index (χ4n) is 1.15. The van der Waals surface area contributed by atoms with Gasteiger partial charge < -0.3 is 25.3 Å². The van der Waals surface area contributed by atoms with Crippen molar-refractivity contribution in [3.8, 4) is 0 Å². The van der Waals surface area contributed by atoms with Crippen molar-refractivity contribution in [1.29, 1.82) is 0 Å². The van der Waals surface area contributed by atoms with Crippen molar-refractivity contribution in [3.05, 3.63) is 71.8 Å². The second kappa shape index (κ2) is 11.5. The summed E-state index contributed by atoms with van der Waals surface area (Å²) in [5.74, 6) is 1.45. The van der Waals surface area contributed by atoms with E-state index in [1.165, 1.54) is 11.1 Å². The molecule has 0 bridgehead atoms. The van der Waals surface area contributed by atoms with E-state index in [9.17, 15) is 0 Å². The summed E-state index contributed by atoms with van der Waals surface area (Å²) in [6, 6.07) is 20.1. The van der Waals surface area contributed by atoms with Gasteiger partial charge in [-0.2, -0.15) is 11.5 Å². The number of rotatable bonds is 2. The van der Waals surface area contributed by atoms with E-state index in [1.807, 2.05) is 60.7 Å². The quantitative estimate of drug-likeness (QED) is 0.615. The molecule has 84 valence electrons. The largest absolute Gasteiger partial charge is 2.00 e. The Labute approximate surface area is 145 Å². The summed E-state index contributed by atoms with van der Waals surface area (Å²) in [4.78, 5) is 0. The Balaban J connectivity index is 0.000000284. The molecule has 0 heterocycles. The van der Waals surface area contributed by atoms with Gasteiger partial charge >= 0.3 is 37.7 Å². The summed E-state index contributed by atoms with van der Waals surface area (Å²) >= 11 is 9.64. The fraction of sp³-hybridized carbons (Fsp3) is 0.143. The molecule has 0 nitrogen and oxygen atoms in total. The molecule has 0 fully saturated rings. The van der Waals surface area contributed by atoms with Gasteiger partial charge in [0.1, 0.15) is 0 Å². The van der Waals surface area contributed by atoms with Gasteiger partial charge in [-0.3, -0.25) is 0 Å². The van der Waals surface area contributed by atoms with Crippen LogP contribution in [0.1, 0.15) is 11.1 Å². The van der Waals surface area contributed by atoms with Crippen molar-refractivity contribution in [2.45, 2.75) is 11.5 Å². The molecule has 0 amide bonds. The van der Waals surface area contributed by atoms with E-state index < -0.39 is 0 Å². The van der Waals surface area contributed by atoms with Crippen molar-refractivity contribution in [2.24, 2.45) is 0 Å². The topological polar surface area (TPSA) is 0 Å². The zero-order valence-corrected chi connectivity index (χ0v) is 13.6. The second-order valence-corrected chi connectivity index (χ2v) is 3.84. The Morgan fingerprint density at radius 2 is 0.882 bits per heavy atom. The number of hydrogen-bond acceptors (Lipinski definition) is 2. The van der Waals surface area contributed by atoms with Crippen LogP contribution in [0.25, 0.3) is 0 Å². The van der Waals surface area contributed by atoms with Gasteiger partial charge in [0.2, 0.25) is 0 Å².